The summed E-state index contributed by atoms with van der Waals surface area (Å²) in [6, 6.07) is 15.1. The molecule has 0 aliphatic heterocycles. The van der Waals surface area contributed by atoms with Crippen LogP contribution in [0.1, 0.15) is 11.6 Å². The number of benzene rings is 3. The first-order valence-corrected chi connectivity index (χ1v) is 13.7. The highest BCUT2D eigenvalue weighted by Gasteiger charge is 2.24. The maximum absolute atomic E-state index is 14.6. The number of alkyl halides is 2. The number of rotatable bonds is 7. The predicted octanol–water partition coefficient (Wildman–Crippen LogP) is 6.76. The summed E-state index contributed by atoms with van der Waals surface area (Å²) in [5.41, 5.74) is 3.04. The zero-order valence-electron chi connectivity index (χ0n) is 21.3. The van der Waals surface area contributed by atoms with Gasteiger partial charge in [-0.1, -0.05) is 18.2 Å². The molecule has 0 aliphatic rings. The van der Waals surface area contributed by atoms with E-state index in [0.29, 0.717) is 22.4 Å². The molecule has 2 aromatic heterocycles. The van der Waals surface area contributed by atoms with Gasteiger partial charge in [0, 0.05) is 30.5 Å². The molecule has 0 radical (unpaired) electrons. The monoisotopic (exact) mass is 571 g/mol. The minimum Gasteiger partial charge on any atom is -0.440 e. The molecule has 0 saturated heterocycles. The van der Waals surface area contributed by atoms with Crippen LogP contribution in [0.3, 0.4) is 0 Å². The normalized spacial score (nSPS) is 11.8. The van der Waals surface area contributed by atoms with Gasteiger partial charge >= 0.3 is 6.61 Å². The van der Waals surface area contributed by atoms with E-state index in [1.54, 1.807) is 54.2 Å². The fourth-order valence-corrected chi connectivity index (χ4v) is 4.93. The van der Waals surface area contributed by atoms with Gasteiger partial charge in [-0.25, -0.2) is 26.9 Å². The molecule has 2 heterocycles. The van der Waals surface area contributed by atoms with E-state index in [4.69, 9.17) is 4.42 Å². The lowest BCUT2D eigenvalue weighted by Gasteiger charge is -2.13. The van der Waals surface area contributed by atoms with Gasteiger partial charge in [-0.05, 0) is 60.5 Å². The molecule has 40 heavy (non-hydrogen) atoms. The van der Waals surface area contributed by atoms with Gasteiger partial charge in [0.2, 0.25) is 0 Å². The standard InChI is InChI=1S/C28H21F4N3O4S/c1-15-9-10-35(34-15)24-8-7-18(17-5-4-6-20(11-17)40(3,36)37)12-21(24)25-26(38-16(2)33-25)19-13-22(29)27(23(30)14-19)39-28(31)32/h4-14,28H,1-3H3. The van der Waals surface area contributed by atoms with Crippen LogP contribution >= 0.6 is 0 Å². The van der Waals surface area contributed by atoms with Crippen LogP contribution in [0.5, 0.6) is 5.75 Å². The highest BCUT2D eigenvalue weighted by atomic mass is 32.2. The minimum absolute atomic E-state index is 0.0222. The topological polar surface area (TPSA) is 87.2 Å². The Labute approximate surface area is 226 Å². The third-order valence-corrected chi connectivity index (χ3v) is 7.13. The molecule has 3 aromatic carbocycles. The van der Waals surface area contributed by atoms with Crippen LogP contribution in [0, 0.1) is 25.5 Å². The van der Waals surface area contributed by atoms with Crippen molar-refractivity contribution in [3.05, 3.63) is 90.1 Å². The first-order chi connectivity index (χ1) is 18.9. The summed E-state index contributed by atoms with van der Waals surface area (Å²) in [4.78, 5) is 4.60. The van der Waals surface area contributed by atoms with Gasteiger partial charge in [-0.3, -0.25) is 0 Å². The minimum atomic E-state index is -3.47. The Balaban J connectivity index is 1.72. The molecule has 0 aliphatic carbocycles. The molecule has 206 valence electrons. The summed E-state index contributed by atoms with van der Waals surface area (Å²) in [5, 5.41) is 4.46. The average Bonchev–Trinajstić information content (AvgIpc) is 3.50. The average molecular weight is 572 g/mol. The zero-order valence-corrected chi connectivity index (χ0v) is 22.1. The highest BCUT2D eigenvalue weighted by Crippen LogP contribution is 2.40. The van der Waals surface area contributed by atoms with Gasteiger partial charge in [0.15, 0.2) is 38.9 Å². The molecule has 0 unspecified atom stereocenters. The fraction of sp³-hybridized carbons (Fsp3) is 0.143. The maximum atomic E-state index is 14.6. The van der Waals surface area contributed by atoms with Gasteiger partial charge in [0.25, 0.3) is 0 Å². The van der Waals surface area contributed by atoms with Gasteiger partial charge < -0.3 is 9.15 Å². The second kappa shape index (κ2) is 10.3. The van der Waals surface area contributed by atoms with E-state index in [-0.39, 0.29) is 27.8 Å². The Morgan fingerprint density at radius 3 is 2.25 bits per heavy atom. The summed E-state index contributed by atoms with van der Waals surface area (Å²) in [6.45, 7) is -0.0610. The van der Waals surface area contributed by atoms with Crippen LogP contribution in [0.4, 0.5) is 17.6 Å². The summed E-state index contributed by atoms with van der Waals surface area (Å²) in [6.07, 6.45) is 2.83. The van der Waals surface area contributed by atoms with E-state index in [0.717, 1.165) is 24.1 Å². The Bertz CT molecular complexity index is 1830. The molecular formula is C28H21F4N3O4S. The van der Waals surface area contributed by atoms with Crippen molar-refractivity contribution in [2.45, 2.75) is 25.4 Å². The molecular weight excluding hydrogens is 550 g/mol. The summed E-state index contributed by atoms with van der Waals surface area (Å²) >= 11 is 0. The largest absolute Gasteiger partial charge is 0.440 e. The highest BCUT2D eigenvalue weighted by molar-refractivity contribution is 7.90. The van der Waals surface area contributed by atoms with Crippen molar-refractivity contribution in [1.82, 2.24) is 14.8 Å². The molecule has 0 amide bonds. The van der Waals surface area contributed by atoms with Crippen LogP contribution < -0.4 is 4.74 Å². The van der Waals surface area contributed by atoms with Crippen LogP contribution in [0.2, 0.25) is 0 Å². The van der Waals surface area contributed by atoms with Gasteiger partial charge in [-0.15, -0.1) is 0 Å². The predicted molar refractivity (Wildman–Crippen MR) is 139 cm³/mol. The number of hydrogen-bond acceptors (Lipinski definition) is 6. The van der Waals surface area contributed by atoms with Gasteiger partial charge in [0.1, 0.15) is 5.69 Å². The van der Waals surface area contributed by atoms with Crippen LogP contribution in [-0.2, 0) is 9.84 Å². The van der Waals surface area contributed by atoms with Gasteiger partial charge in [0.05, 0.1) is 16.3 Å². The summed E-state index contributed by atoms with van der Waals surface area (Å²) in [5.74, 6) is -3.75. The molecule has 0 spiro atoms. The lowest BCUT2D eigenvalue weighted by Crippen LogP contribution is -2.06. The first-order valence-electron chi connectivity index (χ1n) is 11.8. The van der Waals surface area contributed by atoms with E-state index in [9.17, 15) is 26.0 Å². The Morgan fingerprint density at radius 1 is 0.925 bits per heavy atom. The van der Waals surface area contributed by atoms with Crippen LogP contribution in [0.15, 0.2) is 76.2 Å². The van der Waals surface area contributed by atoms with E-state index in [1.807, 2.05) is 6.92 Å². The maximum Gasteiger partial charge on any atom is 0.387 e. The number of nitrogens with zero attached hydrogens (tertiary/aromatic N) is 3. The van der Waals surface area contributed by atoms with Crippen molar-refractivity contribution >= 4 is 9.84 Å². The third kappa shape index (κ3) is 5.34. The summed E-state index contributed by atoms with van der Waals surface area (Å²) < 4.78 is 90.2. The second-order valence-corrected chi connectivity index (χ2v) is 11.0. The van der Waals surface area contributed by atoms with E-state index in [1.165, 1.54) is 12.1 Å². The van der Waals surface area contributed by atoms with Crippen LogP contribution in [0.25, 0.3) is 39.4 Å². The number of aromatic nitrogens is 3. The van der Waals surface area contributed by atoms with Crippen molar-refractivity contribution in [3.63, 3.8) is 0 Å². The molecule has 7 nitrogen and oxygen atoms in total. The second-order valence-electron chi connectivity index (χ2n) is 8.99. The third-order valence-electron chi connectivity index (χ3n) is 6.02. The number of halogens is 4. The molecule has 0 atom stereocenters. The van der Waals surface area contributed by atoms with Crippen molar-refractivity contribution in [1.29, 1.82) is 0 Å². The van der Waals surface area contributed by atoms with Crippen molar-refractivity contribution in [3.8, 4) is 45.1 Å². The number of hydrogen-bond donors (Lipinski definition) is 0. The van der Waals surface area contributed by atoms with E-state index in [2.05, 4.69) is 14.8 Å². The quantitative estimate of drug-likeness (QED) is 0.201. The molecule has 5 rings (SSSR count). The molecule has 0 bridgehead atoms. The SMILES string of the molecule is Cc1ccn(-c2ccc(-c3cccc(S(C)(=O)=O)c3)cc2-c2nc(C)oc2-c2cc(F)c(OC(F)F)c(F)c2)n1. The Kier molecular flexibility index (Phi) is 6.96. The van der Waals surface area contributed by atoms with Crippen molar-refractivity contribution < 1.29 is 35.1 Å². The molecule has 0 N–H and O–H groups in total. The Morgan fingerprint density at radius 2 is 1.62 bits per heavy atom. The number of sulfone groups is 1. The first kappa shape index (κ1) is 27.1. The van der Waals surface area contributed by atoms with Crippen LogP contribution in [-0.4, -0.2) is 36.0 Å². The Hall–Kier alpha value is -4.45. The van der Waals surface area contributed by atoms with Crippen molar-refractivity contribution in [2.24, 2.45) is 0 Å². The lowest BCUT2D eigenvalue weighted by atomic mass is 9.98. The summed E-state index contributed by atoms with van der Waals surface area (Å²) in [7, 11) is -3.47. The van der Waals surface area contributed by atoms with E-state index >= 15 is 0 Å². The number of ether oxygens (including phenoxy) is 1. The molecule has 12 heteroatoms. The number of oxazole rings is 1. The fourth-order valence-electron chi connectivity index (χ4n) is 4.26. The lowest BCUT2D eigenvalue weighted by molar-refractivity contribution is -0.0546. The molecule has 0 fully saturated rings. The smallest absolute Gasteiger partial charge is 0.387 e. The zero-order chi connectivity index (χ0) is 28.8. The van der Waals surface area contributed by atoms with Gasteiger partial charge in [-0.2, -0.15) is 13.9 Å². The van der Waals surface area contributed by atoms with E-state index < -0.39 is 33.8 Å². The number of aryl methyl sites for hydroxylation is 2. The van der Waals surface area contributed by atoms with Crippen molar-refractivity contribution in [2.75, 3.05) is 6.26 Å². The molecule has 5 aromatic rings. The molecule has 0 saturated carbocycles.